The van der Waals surface area contributed by atoms with Crippen LogP contribution in [-0.2, 0) is 20.7 Å². The van der Waals surface area contributed by atoms with Gasteiger partial charge in [0.05, 0.1) is 6.42 Å². The first-order valence-corrected chi connectivity index (χ1v) is 9.45. The minimum absolute atomic E-state index is 0.0382. The zero-order valence-corrected chi connectivity index (χ0v) is 16.1. The van der Waals surface area contributed by atoms with Gasteiger partial charge in [-0.3, -0.25) is 9.59 Å². The second kappa shape index (κ2) is 8.91. The van der Waals surface area contributed by atoms with Crippen molar-refractivity contribution in [3.8, 4) is 0 Å². The zero-order chi connectivity index (χ0) is 19.2. The van der Waals surface area contributed by atoms with Crippen LogP contribution >= 0.6 is 11.6 Å². The Morgan fingerprint density at radius 1 is 1.15 bits per heavy atom. The maximum absolute atomic E-state index is 12.1. The van der Waals surface area contributed by atoms with E-state index in [2.05, 4.69) is 16.3 Å². The average Bonchev–Trinajstić information content (AvgIpc) is 3.18. The quantitative estimate of drug-likeness (QED) is 0.763. The van der Waals surface area contributed by atoms with Gasteiger partial charge in [-0.1, -0.05) is 29.8 Å². The van der Waals surface area contributed by atoms with Crippen LogP contribution in [-0.4, -0.2) is 31.6 Å². The molecule has 1 heterocycles. The van der Waals surface area contributed by atoms with Crippen molar-refractivity contribution >= 4 is 34.9 Å². The highest BCUT2D eigenvalue weighted by molar-refractivity contribution is 6.31. The molecule has 0 bridgehead atoms. The molecule has 6 heteroatoms. The Kier molecular flexibility index (Phi) is 6.35. The highest BCUT2D eigenvalue weighted by atomic mass is 35.5. The van der Waals surface area contributed by atoms with Gasteiger partial charge in [-0.05, 0) is 55.2 Å². The number of hydrogen-bond donors (Lipinski definition) is 1. The van der Waals surface area contributed by atoms with Crippen molar-refractivity contribution in [1.82, 2.24) is 0 Å². The molecule has 2 aromatic rings. The molecule has 0 unspecified atom stereocenters. The van der Waals surface area contributed by atoms with Gasteiger partial charge in [-0.15, -0.1) is 0 Å². The minimum Gasteiger partial charge on any atom is -0.455 e. The van der Waals surface area contributed by atoms with Gasteiger partial charge in [0.25, 0.3) is 5.91 Å². The average molecular weight is 387 g/mol. The molecular formula is C21H23ClN2O3. The Labute approximate surface area is 164 Å². The Balaban J connectivity index is 1.50. The fourth-order valence-electron chi connectivity index (χ4n) is 3.14. The van der Waals surface area contributed by atoms with Crippen LogP contribution in [0.1, 0.15) is 24.0 Å². The van der Waals surface area contributed by atoms with Crippen molar-refractivity contribution < 1.29 is 14.3 Å². The third-order valence-electron chi connectivity index (χ3n) is 4.61. The van der Waals surface area contributed by atoms with Crippen molar-refractivity contribution in [2.24, 2.45) is 0 Å². The molecule has 1 amide bonds. The molecule has 3 rings (SSSR count). The number of amides is 1. The Hall–Kier alpha value is -2.53. The summed E-state index contributed by atoms with van der Waals surface area (Å²) in [5.41, 5.74) is 3.56. The molecular weight excluding hydrogens is 364 g/mol. The summed E-state index contributed by atoms with van der Waals surface area (Å²) in [6, 6.07) is 13.0. The lowest BCUT2D eigenvalue weighted by atomic mass is 10.1. The lowest BCUT2D eigenvalue weighted by Gasteiger charge is -2.19. The number of carbonyl (C=O) groups is 2. The molecule has 0 aromatic heterocycles. The topological polar surface area (TPSA) is 58.6 Å². The van der Waals surface area contributed by atoms with E-state index >= 15 is 0 Å². The molecule has 1 aliphatic rings. The normalized spacial score (nSPS) is 13.5. The van der Waals surface area contributed by atoms with E-state index in [0.717, 1.165) is 24.3 Å². The Bertz CT molecular complexity index is 832. The molecule has 1 fully saturated rings. The summed E-state index contributed by atoms with van der Waals surface area (Å²) in [5, 5.41) is 3.30. The number of benzene rings is 2. The standard InChI is InChI=1S/C21H23ClN2O3/c1-15-12-17(24-10-4-5-11-24)8-9-19(15)23-20(25)14-27-21(26)13-16-6-2-3-7-18(16)22/h2-3,6-9,12H,4-5,10-11,13-14H2,1H3,(H,23,25). The number of anilines is 2. The van der Waals surface area contributed by atoms with E-state index in [4.69, 9.17) is 16.3 Å². The molecule has 0 radical (unpaired) electrons. The van der Waals surface area contributed by atoms with Crippen molar-refractivity contribution in [1.29, 1.82) is 0 Å². The van der Waals surface area contributed by atoms with Crippen LogP contribution in [0.5, 0.6) is 0 Å². The summed E-state index contributed by atoms with van der Waals surface area (Å²) in [4.78, 5) is 26.4. The first kappa shape index (κ1) is 19.2. The van der Waals surface area contributed by atoms with Crippen molar-refractivity contribution in [3.63, 3.8) is 0 Å². The molecule has 0 spiro atoms. The van der Waals surface area contributed by atoms with E-state index in [9.17, 15) is 9.59 Å². The van der Waals surface area contributed by atoms with E-state index in [1.54, 1.807) is 24.3 Å². The maximum atomic E-state index is 12.1. The van der Waals surface area contributed by atoms with E-state index < -0.39 is 5.97 Å². The fraction of sp³-hybridized carbons (Fsp3) is 0.333. The van der Waals surface area contributed by atoms with Crippen molar-refractivity contribution in [2.45, 2.75) is 26.2 Å². The van der Waals surface area contributed by atoms with Gasteiger partial charge in [0, 0.05) is 29.5 Å². The van der Waals surface area contributed by atoms with E-state index in [1.165, 1.54) is 18.5 Å². The van der Waals surface area contributed by atoms with Crippen LogP contribution in [0, 0.1) is 6.92 Å². The fourth-order valence-corrected chi connectivity index (χ4v) is 3.34. The molecule has 5 nitrogen and oxygen atoms in total. The number of hydrogen-bond acceptors (Lipinski definition) is 4. The number of esters is 1. The summed E-state index contributed by atoms with van der Waals surface area (Å²) < 4.78 is 5.06. The predicted octanol–water partition coefficient (Wildman–Crippen LogP) is 3.97. The molecule has 27 heavy (non-hydrogen) atoms. The zero-order valence-electron chi connectivity index (χ0n) is 15.3. The number of nitrogens with zero attached hydrogens (tertiary/aromatic N) is 1. The molecule has 0 saturated carbocycles. The van der Waals surface area contributed by atoms with Crippen LogP contribution in [0.3, 0.4) is 0 Å². The Morgan fingerprint density at radius 3 is 2.59 bits per heavy atom. The molecule has 1 saturated heterocycles. The number of rotatable bonds is 6. The van der Waals surface area contributed by atoms with E-state index in [0.29, 0.717) is 10.6 Å². The van der Waals surface area contributed by atoms with Crippen LogP contribution in [0.25, 0.3) is 0 Å². The van der Waals surface area contributed by atoms with Crippen molar-refractivity contribution in [3.05, 3.63) is 58.6 Å². The number of halogens is 1. The predicted molar refractivity (Wildman–Crippen MR) is 107 cm³/mol. The van der Waals surface area contributed by atoms with Crippen LogP contribution in [0.2, 0.25) is 5.02 Å². The molecule has 1 N–H and O–H groups in total. The van der Waals surface area contributed by atoms with Gasteiger partial charge in [0.15, 0.2) is 6.61 Å². The lowest BCUT2D eigenvalue weighted by molar-refractivity contribution is -0.146. The minimum atomic E-state index is -0.487. The lowest BCUT2D eigenvalue weighted by Crippen LogP contribution is -2.22. The monoisotopic (exact) mass is 386 g/mol. The summed E-state index contributed by atoms with van der Waals surface area (Å²) >= 11 is 6.03. The summed E-state index contributed by atoms with van der Waals surface area (Å²) in [5.74, 6) is -0.848. The second-order valence-corrected chi connectivity index (χ2v) is 7.08. The number of carbonyl (C=O) groups excluding carboxylic acids is 2. The van der Waals surface area contributed by atoms with Gasteiger partial charge in [-0.25, -0.2) is 0 Å². The SMILES string of the molecule is Cc1cc(N2CCCC2)ccc1NC(=O)COC(=O)Cc1ccccc1Cl. The van der Waals surface area contributed by atoms with Gasteiger partial charge in [-0.2, -0.15) is 0 Å². The number of aryl methyl sites for hydroxylation is 1. The van der Waals surface area contributed by atoms with E-state index in [-0.39, 0.29) is 18.9 Å². The molecule has 0 atom stereocenters. The largest absolute Gasteiger partial charge is 0.455 e. The van der Waals surface area contributed by atoms with Crippen LogP contribution < -0.4 is 10.2 Å². The third kappa shape index (κ3) is 5.23. The summed E-state index contributed by atoms with van der Waals surface area (Å²) in [6.07, 6.45) is 2.48. The second-order valence-electron chi connectivity index (χ2n) is 6.67. The van der Waals surface area contributed by atoms with Crippen LogP contribution in [0.15, 0.2) is 42.5 Å². The first-order valence-electron chi connectivity index (χ1n) is 9.07. The molecule has 142 valence electrons. The first-order chi connectivity index (χ1) is 13.0. The van der Waals surface area contributed by atoms with Crippen molar-refractivity contribution in [2.75, 3.05) is 29.9 Å². The van der Waals surface area contributed by atoms with Gasteiger partial charge < -0.3 is 15.0 Å². The van der Waals surface area contributed by atoms with Gasteiger partial charge in [0.2, 0.25) is 0 Å². The summed E-state index contributed by atoms with van der Waals surface area (Å²) in [7, 11) is 0. The van der Waals surface area contributed by atoms with Gasteiger partial charge in [0.1, 0.15) is 0 Å². The summed E-state index contributed by atoms with van der Waals surface area (Å²) in [6.45, 7) is 3.79. The highest BCUT2D eigenvalue weighted by Gasteiger charge is 2.14. The Morgan fingerprint density at radius 2 is 1.89 bits per heavy atom. The van der Waals surface area contributed by atoms with Crippen LogP contribution in [0.4, 0.5) is 11.4 Å². The maximum Gasteiger partial charge on any atom is 0.310 e. The molecule has 2 aromatic carbocycles. The van der Waals surface area contributed by atoms with Gasteiger partial charge >= 0.3 is 5.97 Å². The molecule has 0 aliphatic carbocycles. The highest BCUT2D eigenvalue weighted by Crippen LogP contribution is 2.25. The third-order valence-corrected chi connectivity index (χ3v) is 4.98. The smallest absolute Gasteiger partial charge is 0.310 e. The number of ether oxygens (including phenoxy) is 1. The molecule has 1 aliphatic heterocycles. The number of nitrogens with one attached hydrogen (secondary N) is 1. The van der Waals surface area contributed by atoms with E-state index in [1.807, 2.05) is 19.1 Å².